The molecular weight excluding hydrogens is 336 g/mol. The van der Waals surface area contributed by atoms with E-state index in [1.807, 2.05) is 20.8 Å². The van der Waals surface area contributed by atoms with Crippen molar-refractivity contribution in [2.75, 3.05) is 45.9 Å². The largest absolute Gasteiger partial charge is 0.447 e. The van der Waals surface area contributed by atoms with Crippen LogP contribution in [-0.4, -0.2) is 83.9 Å². The van der Waals surface area contributed by atoms with Gasteiger partial charge in [-0.2, -0.15) is 0 Å². The molecule has 8 nitrogen and oxygen atoms in total. The van der Waals surface area contributed by atoms with Crippen LogP contribution in [0.5, 0.6) is 0 Å². The molecule has 2 N–H and O–H groups in total. The summed E-state index contributed by atoms with van der Waals surface area (Å²) in [4.78, 5) is 20.8. The first kappa shape index (κ1) is 20.8. The Bertz CT molecular complexity index is 543. The number of amides is 1. The molecule has 0 aliphatic carbocycles. The molecule has 0 aromatic carbocycles. The van der Waals surface area contributed by atoms with Crippen LogP contribution in [0.3, 0.4) is 0 Å². The Hall–Kier alpha value is -1.48. The molecule has 2 heterocycles. The molecule has 0 radical (unpaired) electrons. The number of carbonyl (C=O) groups excluding carboxylic acids is 1. The Kier molecular flexibility index (Phi) is 8.50. The summed E-state index contributed by atoms with van der Waals surface area (Å²) in [6, 6.07) is 0.119. The van der Waals surface area contributed by atoms with Gasteiger partial charge in [0.05, 0.1) is 19.3 Å². The van der Waals surface area contributed by atoms with E-state index in [0.717, 1.165) is 32.6 Å². The lowest BCUT2D eigenvalue weighted by Crippen LogP contribution is -2.48. The summed E-state index contributed by atoms with van der Waals surface area (Å²) in [5.41, 5.74) is 0.331. The summed E-state index contributed by atoms with van der Waals surface area (Å²) in [6.07, 6.45) is 1.85. The van der Waals surface area contributed by atoms with Gasteiger partial charge in [-0.3, -0.25) is 14.6 Å². The molecule has 8 heteroatoms. The summed E-state index contributed by atoms with van der Waals surface area (Å²) in [5, 5.41) is 12.8. The minimum absolute atomic E-state index is 0.119. The Morgan fingerprint density at radius 2 is 2.04 bits per heavy atom. The summed E-state index contributed by atoms with van der Waals surface area (Å²) in [6.45, 7) is 11.6. The maximum absolute atomic E-state index is 12.1. The third-order valence-corrected chi connectivity index (χ3v) is 4.58. The van der Waals surface area contributed by atoms with Crippen LogP contribution < -0.4 is 5.32 Å². The number of rotatable bonds is 10. The number of nitrogens with one attached hydrogen (secondary N) is 1. The number of hydrogen-bond acceptors (Lipinski definition) is 7. The lowest BCUT2D eigenvalue weighted by molar-refractivity contribution is 0.00949. The molecule has 0 spiro atoms. The normalized spacial score (nSPS) is 18.6. The molecule has 1 aliphatic rings. The number of ether oxygens (including phenoxy) is 1. The zero-order valence-corrected chi connectivity index (χ0v) is 16.1. The number of aliphatic hydroxyl groups is 1. The maximum atomic E-state index is 12.1. The number of β-amino-alcohol motifs (C(OH)–C–C–N with tert-alkyl or cyclic N) is 1. The van der Waals surface area contributed by atoms with E-state index < -0.39 is 6.10 Å². The van der Waals surface area contributed by atoms with Crippen molar-refractivity contribution in [3.63, 3.8) is 0 Å². The molecule has 1 fully saturated rings. The smallest absolute Gasteiger partial charge is 0.273 e. The topological polar surface area (TPSA) is 91.1 Å². The fourth-order valence-electron chi connectivity index (χ4n) is 2.81. The summed E-state index contributed by atoms with van der Waals surface area (Å²) in [5.74, 6) is 0.367. The second-order valence-corrected chi connectivity index (χ2v) is 6.80. The van der Waals surface area contributed by atoms with E-state index in [4.69, 9.17) is 9.15 Å². The van der Waals surface area contributed by atoms with E-state index in [2.05, 4.69) is 20.1 Å². The minimum Gasteiger partial charge on any atom is -0.447 e. The highest BCUT2D eigenvalue weighted by molar-refractivity contribution is 5.92. The highest BCUT2D eigenvalue weighted by atomic mass is 16.5. The van der Waals surface area contributed by atoms with E-state index in [0.29, 0.717) is 37.9 Å². The highest BCUT2D eigenvalue weighted by Gasteiger charge is 2.21. The van der Waals surface area contributed by atoms with E-state index in [9.17, 15) is 9.90 Å². The van der Waals surface area contributed by atoms with Crippen LogP contribution >= 0.6 is 0 Å². The van der Waals surface area contributed by atoms with Crippen LogP contribution in [-0.2, 0) is 11.3 Å². The SMILES string of the molecule is CCOCC(O)CN1CCN(Cc2nc(C(=O)NC(C)CC)co2)CC1. The van der Waals surface area contributed by atoms with Gasteiger partial charge in [0, 0.05) is 45.4 Å². The van der Waals surface area contributed by atoms with Crippen LogP contribution in [0.2, 0.25) is 0 Å². The standard InChI is InChI=1S/C18H32N4O4/c1-4-14(3)19-18(24)16-13-26-17(20-16)11-22-8-6-21(7-9-22)10-15(23)12-25-5-2/h13-15,23H,4-12H2,1-3H3,(H,19,24). The Balaban J connectivity index is 1.73. The Labute approximate surface area is 155 Å². The van der Waals surface area contributed by atoms with Crippen molar-refractivity contribution >= 4 is 5.91 Å². The molecule has 1 aliphatic heterocycles. The molecular formula is C18H32N4O4. The van der Waals surface area contributed by atoms with Crippen molar-refractivity contribution in [2.45, 2.75) is 45.9 Å². The van der Waals surface area contributed by atoms with Crippen molar-refractivity contribution in [2.24, 2.45) is 0 Å². The van der Waals surface area contributed by atoms with Gasteiger partial charge >= 0.3 is 0 Å². The van der Waals surface area contributed by atoms with Crippen molar-refractivity contribution < 1.29 is 19.1 Å². The molecule has 2 atom stereocenters. The van der Waals surface area contributed by atoms with Gasteiger partial charge in [-0.05, 0) is 20.3 Å². The molecule has 26 heavy (non-hydrogen) atoms. The van der Waals surface area contributed by atoms with Gasteiger partial charge in [0.1, 0.15) is 6.26 Å². The second kappa shape index (κ2) is 10.6. The van der Waals surface area contributed by atoms with E-state index in [1.165, 1.54) is 6.26 Å². The molecule has 1 amide bonds. The summed E-state index contributed by atoms with van der Waals surface area (Å²) < 4.78 is 10.7. The van der Waals surface area contributed by atoms with Gasteiger partial charge in [-0.1, -0.05) is 6.92 Å². The van der Waals surface area contributed by atoms with Gasteiger partial charge in [0.2, 0.25) is 5.89 Å². The quantitative estimate of drug-likeness (QED) is 0.629. The third-order valence-electron chi connectivity index (χ3n) is 4.58. The Morgan fingerprint density at radius 1 is 1.35 bits per heavy atom. The van der Waals surface area contributed by atoms with E-state index in [-0.39, 0.29) is 11.9 Å². The van der Waals surface area contributed by atoms with Gasteiger partial charge in [-0.15, -0.1) is 0 Å². The van der Waals surface area contributed by atoms with Gasteiger partial charge in [0.15, 0.2) is 5.69 Å². The average Bonchev–Trinajstić information content (AvgIpc) is 3.10. The first-order valence-electron chi connectivity index (χ1n) is 9.47. The minimum atomic E-state index is -0.445. The lowest BCUT2D eigenvalue weighted by atomic mass is 10.2. The van der Waals surface area contributed by atoms with Gasteiger partial charge in [-0.25, -0.2) is 4.98 Å². The molecule has 2 unspecified atom stereocenters. The maximum Gasteiger partial charge on any atom is 0.273 e. The molecule has 1 saturated heterocycles. The molecule has 1 aromatic rings. The van der Waals surface area contributed by atoms with Crippen molar-refractivity contribution in [1.29, 1.82) is 0 Å². The van der Waals surface area contributed by atoms with E-state index in [1.54, 1.807) is 0 Å². The number of aromatic nitrogens is 1. The van der Waals surface area contributed by atoms with Gasteiger partial charge < -0.3 is 19.6 Å². The van der Waals surface area contributed by atoms with Crippen molar-refractivity contribution in [3.05, 3.63) is 17.8 Å². The highest BCUT2D eigenvalue weighted by Crippen LogP contribution is 2.10. The van der Waals surface area contributed by atoms with Crippen molar-refractivity contribution in [3.8, 4) is 0 Å². The number of nitrogens with zero attached hydrogens (tertiary/aromatic N) is 3. The van der Waals surface area contributed by atoms with Crippen molar-refractivity contribution in [1.82, 2.24) is 20.1 Å². The zero-order valence-electron chi connectivity index (χ0n) is 16.1. The fraction of sp³-hybridized carbons (Fsp3) is 0.778. The molecule has 1 aromatic heterocycles. The molecule has 2 rings (SSSR count). The van der Waals surface area contributed by atoms with Crippen LogP contribution in [0.4, 0.5) is 0 Å². The second-order valence-electron chi connectivity index (χ2n) is 6.80. The molecule has 0 bridgehead atoms. The number of aliphatic hydroxyl groups excluding tert-OH is 1. The van der Waals surface area contributed by atoms with Crippen LogP contribution in [0.15, 0.2) is 10.7 Å². The Morgan fingerprint density at radius 3 is 2.69 bits per heavy atom. The predicted molar refractivity (Wildman–Crippen MR) is 97.9 cm³/mol. The average molecular weight is 368 g/mol. The van der Waals surface area contributed by atoms with Crippen LogP contribution in [0.1, 0.15) is 43.6 Å². The zero-order chi connectivity index (χ0) is 18.9. The van der Waals surface area contributed by atoms with Crippen LogP contribution in [0, 0.1) is 0 Å². The van der Waals surface area contributed by atoms with Crippen LogP contribution in [0.25, 0.3) is 0 Å². The fourth-order valence-corrected chi connectivity index (χ4v) is 2.81. The molecule has 148 valence electrons. The summed E-state index contributed by atoms with van der Waals surface area (Å²) >= 11 is 0. The van der Waals surface area contributed by atoms with E-state index >= 15 is 0 Å². The predicted octanol–water partition coefficient (Wildman–Crippen LogP) is 0.718. The summed E-state index contributed by atoms with van der Waals surface area (Å²) in [7, 11) is 0. The number of oxazole rings is 1. The first-order chi connectivity index (χ1) is 12.5. The number of carbonyl (C=O) groups is 1. The number of piperazine rings is 1. The lowest BCUT2D eigenvalue weighted by Gasteiger charge is -2.34. The van der Waals surface area contributed by atoms with Gasteiger partial charge in [0.25, 0.3) is 5.91 Å². The monoisotopic (exact) mass is 368 g/mol. The third kappa shape index (κ3) is 6.68. The number of hydrogen-bond donors (Lipinski definition) is 2. The molecule has 0 saturated carbocycles. The first-order valence-corrected chi connectivity index (χ1v) is 9.47.